The van der Waals surface area contributed by atoms with Crippen LogP contribution in [-0.2, 0) is 14.8 Å². The van der Waals surface area contributed by atoms with Crippen LogP contribution in [0.4, 0.5) is 17.1 Å². The lowest BCUT2D eigenvalue weighted by molar-refractivity contribution is -0.116. The quantitative estimate of drug-likeness (QED) is 0.750. The summed E-state index contributed by atoms with van der Waals surface area (Å²) < 4.78 is 24.7. The Kier molecular flexibility index (Phi) is 5.46. The van der Waals surface area contributed by atoms with Gasteiger partial charge in [0.25, 0.3) is 0 Å². The van der Waals surface area contributed by atoms with E-state index in [4.69, 9.17) is 0 Å². The molecule has 0 aliphatic carbocycles. The molecule has 6 nitrogen and oxygen atoms in total. The molecule has 1 amide bonds. The average Bonchev–Trinajstić information content (AvgIpc) is 2.50. The molecule has 0 bridgehead atoms. The number of carbonyl (C=O) groups excluding carboxylic acids is 1. The summed E-state index contributed by atoms with van der Waals surface area (Å²) in [6, 6.07) is 13.8. The highest BCUT2D eigenvalue weighted by Crippen LogP contribution is 2.17. The molecular formula is C17H21N3O3S. The smallest absolute Gasteiger partial charge is 0.246 e. The Morgan fingerprint density at radius 1 is 1.00 bits per heavy atom. The van der Waals surface area contributed by atoms with Gasteiger partial charge in [-0.05, 0) is 49.7 Å². The molecule has 0 aliphatic rings. The van der Waals surface area contributed by atoms with E-state index in [0.29, 0.717) is 5.69 Å². The number of nitrogens with one attached hydrogen (secondary N) is 3. The number of rotatable bonds is 6. The Balaban J connectivity index is 1.97. The summed E-state index contributed by atoms with van der Waals surface area (Å²) in [6.45, 7) is 3.69. The molecule has 128 valence electrons. The average molecular weight is 347 g/mol. The van der Waals surface area contributed by atoms with Crippen LogP contribution in [0.2, 0.25) is 0 Å². The highest BCUT2D eigenvalue weighted by atomic mass is 32.2. The molecule has 0 saturated heterocycles. The molecule has 0 aromatic heterocycles. The first kappa shape index (κ1) is 17.8. The molecule has 0 spiro atoms. The summed E-state index contributed by atoms with van der Waals surface area (Å²) in [5.74, 6) is -0.150. The van der Waals surface area contributed by atoms with E-state index in [9.17, 15) is 13.2 Å². The van der Waals surface area contributed by atoms with Gasteiger partial charge in [-0.1, -0.05) is 18.2 Å². The molecule has 0 saturated carbocycles. The van der Waals surface area contributed by atoms with Crippen LogP contribution in [0.3, 0.4) is 0 Å². The highest BCUT2D eigenvalue weighted by Gasteiger charge is 2.13. The molecule has 7 heteroatoms. The van der Waals surface area contributed by atoms with E-state index in [1.165, 1.54) is 0 Å². The van der Waals surface area contributed by atoms with Gasteiger partial charge in [0.2, 0.25) is 15.9 Å². The van der Waals surface area contributed by atoms with Crippen molar-refractivity contribution in [2.75, 3.05) is 21.6 Å². The summed E-state index contributed by atoms with van der Waals surface area (Å²) >= 11 is 0. The minimum Gasteiger partial charge on any atom is -0.374 e. The van der Waals surface area contributed by atoms with Gasteiger partial charge in [-0.3, -0.25) is 9.52 Å². The van der Waals surface area contributed by atoms with E-state index >= 15 is 0 Å². The predicted octanol–water partition coefficient (Wildman–Crippen LogP) is 2.81. The fourth-order valence-corrected chi connectivity index (χ4v) is 2.68. The third-order valence-corrected chi connectivity index (χ3v) is 3.97. The lowest BCUT2D eigenvalue weighted by Crippen LogP contribution is -2.32. The van der Waals surface area contributed by atoms with Gasteiger partial charge in [-0.2, -0.15) is 0 Å². The standard InChI is InChI=1S/C17H21N3O3S/c1-12-6-4-5-7-16(12)19-17(21)13(2)18-14-8-10-15(11-9-14)20-24(3,22)23/h4-11,13,18,20H,1-3H3,(H,19,21). The van der Waals surface area contributed by atoms with Crippen molar-refractivity contribution in [2.24, 2.45) is 0 Å². The van der Waals surface area contributed by atoms with E-state index in [1.807, 2.05) is 31.2 Å². The van der Waals surface area contributed by atoms with Crippen LogP contribution in [0.15, 0.2) is 48.5 Å². The second-order valence-corrected chi connectivity index (χ2v) is 7.37. The zero-order valence-corrected chi connectivity index (χ0v) is 14.6. The Morgan fingerprint density at radius 3 is 2.17 bits per heavy atom. The zero-order chi connectivity index (χ0) is 17.7. The maximum absolute atomic E-state index is 12.3. The Bertz CT molecular complexity index is 817. The minimum atomic E-state index is -3.30. The van der Waals surface area contributed by atoms with E-state index in [0.717, 1.165) is 23.2 Å². The third-order valence-electron chi connectivity index (χ3n) is 3.37. The molecular weight excluding hydrogens is 326 g/mol. The highest BCUT2D eigenvalue weighted by molar-refractivity contribution is 7.92. The van der Waals surface area contributed by atoms with E-state index in [1.54, 1.807) is 31.2 Å². The van der Waals surface area contributed by atoms with Crippen molar-refractivity contribution in [3.63, 3.8) is 0 Å². The van der Waals surface area contributed by atoms with Gasteiger partial charge in [-0.15, -0.1) is 0 Å². The number of sulfonamides is 1. The van der Waals surface area contributed by atoms with Crippen LogP contribution in [0.25, 0.3) is 0 Å². The van der Waals surface area contributed by atoms with Gasteiger partial charge >= 0.3 is 0 Å². The van der Waals surface area contributed by atoms with E-state index in [-0.39, 0.29) is 5.91 Å². The Hall–Kier alpha value is -2.54. The first-order valence-electron chi connectivity index (χ1n) is 7.45. The van der Waals surface area contributed by atoms with Crippen molar-refractivity contribution in [1.29, 1.82) is 0 Å². The van der Waals surface area contributed by atoms with Gasteiger partial charge in [0.05, 0.1) is 6.26 Å². The SMILES string of the molecule is Cc1ccccc1NC(=O)C(C)Nc1ccc(NS(C)(=O)=O)cc1. The minimum absolute atomic E-state index is 0.150. The summed E-state index contributed by atoms with van der Waals surface area (Å²) in [4.78, 5) is 12.3. The van der Waals surface area contributed by atoms with Crippen molar-refractivity contribution in [3.05, 3.63) is 54.1 Å². The number of aryl methyl sites for hydroxylation is 1. The van der Waals surface area contributed by atoms with Gasteiger partial charge in [-0.25, -0.2) is 8.42 Å². The fourth-order valence-electron chi connectivity index (χ4n) is 2.12. The lowest BCUT2D eigenvalue weighted by atomic mass is 10.2. The molecule has 3 N–H and O–H groups in total. The van der Waals surface area contributed by atoms with Crippen LogP contribution < -0.4 is 15.4 Å². The van der Waals surface area contributed by atoms with E-state index < -0.39 is 16.1 Å². The van der Waals surface area contributed by atoms with Gasteiger partial charge in [0, 0.05) is 17.1 Å². The molecule has 24 heavy (non-hydrogen) atoms. The number of para-hydroxylation sites is 1. The van der Waals surface area contributed by atoms with Crippen molar-refractivity contribution in [2.45, 2.75) is 19.9 Å². The normalized spacial score (nSPS) is 12.3. The Morgan fingerprint density at radius 2 is 1.58 bits per heavy atom. The zero-order valence-electron chi connectivity index (χ0n) is 13.8. The van der Waals surface area contributed by atoms with Crippen LogP contribution in [0.1, 0.15) is 12.5 Å². The second-order valence-electron chi connectivity index (χ2n) is 5.62. The molecule has 0 fully saturated rings. The third kappa shape index (κ3) is 5.27. The number of carbonyl (C=O) groups is 1. The monoisotopic (exact) mass is 347 g/mol. The summed E-state index contributed by atoms with van der Waals surface area (Å²) in [5.41, 5.74) is 2.97. The predicted molar refractivity (Wildman–Crippen MR) is 97.8 cm³/mol. The summed E-state index contributed by atoms with van der Waals surface area (Å²) in [5, 5.41) is 5.96. The van der Waals surface area contributed by atoms with Crippen molar-refractivity contribution < 1.29 is 13.2 Å². The number of hydrogen-bond acceptors (Lipinski definition) is 4. The lowest BCUT2D eigenvalue weighted by Gasteiger charge is -2.16. The number of amides is 1. The first-order chi connectivity index (χ1) is 11.2. The van der Waals surface area contributed by atoms with Crippen molar-refractivity contribution in [3.8, 4) is 0 Å². The Labute approximate surface area is 142 Å². The maximum Gasteiger partial charge on any atom is 0.246 e. The molecule has 2 aromatic carbocycles. The topological polar surface area (TPSA) is 87.3 Å². The molecule has 2 rings (SSSR count). The summed E-state index contributed by atoms with van der Waals surface area (Å²) in [6.07, 6.45) is 1.09. The maximum atomic E-state index is 12.3. The largest absolute Gasteiger partial charge is 0.374 e. The summed E-state index contributed by atoms with van der Waals surface area (Å²) in [7, 11) is -3.30. The number of hydrogen-bond donors (Lipinski definition) is 3. The van der Waals surface area contributed by atoms with Gasteiger partial charge < -0.3 is 10.6 Å². The van der Waals surface area contributed by atoms with Crippen molar-refractivity contribution in [1.82, 2.24) is 0 Å². The van der Waals surface area contributed by atoms with Gasteiger partial charge in [0.1, 0.15) is 6.04 Å². The van der Waals surface area contributed by atoms with Crippen LogP contribution in [0.5, 0.6) is 0 Å². The molecule has 0 heterocycles. The van der Waals surface area contributed by atoms with Gasteiger partial charge in [0.15, 0.2) is 0 Å². The second kappa shape index (κ2) is 7.35. The van der Waals surface area contributed by atoms with Crippen LogP contribution in [-0.4, -0.2) is 26.6 Å². The molecule has 1 atom stereocenters. The number of anilines is 3. The van der Waals surface area contributed by atoms with Crippen molar-refractivity contribution >= 4 is 33.0 Å². The van der Waals surface area contributed by atoms with E-state index in [2.05, 4.69) is 15.4 Å². The molecule has 0 aliphatic heterocycles. The fraction of sp³-hybridized carbons (Fsp3) is 0.235. The molecule has 2 aromatic rings. The number of benzene rings is 2. The first-order valence-corrected chi connectivity index (χ1v) is 9.34. The molecule has 1 unspecified atom stereocenters. The van der Waals surface area contributed by atoms with Crippen LogP contribution in [0, 0.1) is 6.92 Å². The van der Waals surface area contributed by atoms with Crippen LogP contribution >= 0.6 is 0 Å². The molecule has 0 radical (unpaired) electrons.